The molecule has 24 heavy (non-hydrogen) atoms. The van der Waals surface area contributed by atoms with Gasteiger partial charge in [0.25, 0.3) is 0 Å². The van der Waals surface area contributed by atoms with Crippen LogP contribution in [0, 0.1) is 13.8 Å². The number of hydrogen-bond donors (Lipinski definition) is 1. The summed E-state index contributed by atoms with van der Waals surface area (Å²) >= 11 is 1.53. The average molecular weight is 343 g/mol. The first kappa shape index (κ1) is 20.3. The molecule has 0 aliphatic carbocycles. The SMILES string of the molecule is C/C(=N/NSc1ccc(C)cc1)c1c(C)cccc1C(C)C.CC. The van der Waals surface area contributed by atoms with Gasteiger partial charge in [0.1, 0.15) is 0 Å². The summed E-state index contributed by atoms with van der Waals surface area (Å²) in [5.74, 6) is 0.491. The number of benzene rings is 2. The van der Waals surface area contributed by atoms with Gasteiger partial charge < -0.3 is 0 Å². The fourth-order valence-electron chi connectivity index (χ4n) is 2.47. The Kier molecular flexibility index (Phi) is 8.62. The predicted octanol–water partition coefficient (Wildman–Crippen LogP) is 6.47. The van der Waals surface area contributed by atoms with Gasteiger partial charge in [-0.1, -0.05) is 63.6 Å². The summed E-state index contributed by atoms with van der Waals surface area (Å²) < 4.78 is 0. The average Bonchev–Trinajstić information content (AvgIpc) is 2.58. The van der Waals surface area contributed by atoms with E-state index in [1.807, 2.05) is 13.8 Å². The fraction of sp³-hybridized carbons (Fsp3) is 0.381. The molecule has 0 aliphatic rings. The van der Waals surface area contributed by atoms with E-state index in [0.29, 0.717) is 5.92 Å². The Hall–Kier alpha value is -1.74. The molecule has 3 heteroatoms. The van der Waals surface area contributed by atoms with Gasteiger partial charge in [-0.25, -0.2) is 4.83 Å². The quantitative estimate of drug-likeness (QED) is 0.382. The summed E-state index contributed by atoms with van der Waals surface area (Å²) in [5, 5.41) is 4.55. The summed E-state index contributed by atoms with van der Waals surface area (Å²) in [5.41, 5.74) is 6.18. The summed E-state index contributed by atoms with van der Waals surface area (Å²) in [4.78, 5) is 4.28. The van der Waals surface area contributed by atoms with Gasteiger partial charge in [0.15, 0.2) is 0 Å². The summed E-state index contributed by atoms with van der Waals surface area (Å²) in [6.07, 6.45) is 0. The van der Waals surface area contributed by atoms with E-state index in [4.69, 9.17) is 0 Å². The van der Waals surface area contributed by atoms with E-state index in [1.54, 1.807) is 0 Å². The molecule has 0 atom stereocenters. The maximum absolute atomic E-state index is 4.55. The monoisotopic (exact) mass is 342 g/mol. The van der Waals surface area contributed by atoms with Crippen molar-refractivity contribution in [1.82, 2.24) is 4.83 Å². The Morgan fingerprint density at radius 2 is 1.62 bits per heavy atom. The zero-order valence-electron chi connectivity index (χ0n) is 16.0. The van der Waals surface area contributed by atoms with Crippen molar-refractivity contribution in [3.63, 3.8) is 0 Å². The maximum Gasteiger partial charge on any atom is 0.0660 e. The molecular formula is C21H30N2S. The smallest absolute Gasteiger partial charge is 0.0660 e. The second kappa shape index (κ2) is 10.2. The molecule has 0 amide bonds. The lowest BCUT2D eigenvalue weighted by Gasteiger charge is -2.15. The van der Waals surface area contributed by atoms with E-state index < -0.39 is 0 Å². The van der Waals surface area contributed by atoms with Gasteiger partial charge in [0.05, 0.1) is 5.71 Å². The molecule has 0 radical (unpaired) electrons. The van der Waals surface area contributed by atoms with E-state index in [0.717, 1.165) is 10.6 Å². The number of hydrazone groups is 1. The minimum absolute atomic E-state index is 0.491. The van der Waals surface area contributed by atoms with Crippen molar-refractivity contribution in [2.24, 2.45) is 5.10 Å². The second-order valence-corrected chi connectivity index (χ2v) is 6.76. The molecule has 0 fully saturated rings. The number of rotatable bonds is 5. The zero-order chi connectivity index (χ0) is 18.1. The van der Waals surface area contributed by atoms with Gasteiger partial charge in [0.2, 0.25) is 0 Å². The number of aryl methyl sites for hydroxylation is 2. The molecule has 2 aromatic carbocycles. The summed E-state index contributed by atoms with van der Waals surface area (Å²) in [7, 11) is 0. The highest BCUT2D eigenvalue weighted by molar-refractivity contribution is 7.97. The van der Waals surface area contributed by atoms with Crippen LogP contribution in [-0.4, -0.2) is 5.71 Å². The van der Waals surface area contributed by atoms with E-state index in [1.165, 1.54) is 34.2 Å². The molecule has 2 aromatic rings. The lowest BCUT2D eigenvalue weighted by Crippen LogP contribution is -2.08. The van der Waals surface area contributed by atoms with Crippen LogP contribution in [-0.2, 0) is 0 Å². The second-order valence-electron chi connectivity index (χ2n) is 5.90. The van der Waals surface area contributed by atoms with Crippen LogP contribution >= 0.6 is 11.9 Å². The lowest BCUT2D eigenvalue weighted by atomic mass is 9.91. The van der Waals surface area contributed by atoms with Gasteiger partial charge in [-0.2, -0.15) is 5.10 Å². The van der Waals surface area contributed by atoms with Crippen molar-refractivity contribution < 1.29 is 0 Å². The molecule has 130 valence electrons. The van der Waals surface area contributed by atoms with E-state index >= 15 is 0 Å². The van der Waals surface area contributed by atoms with Crippen LogP contribution in [0.3, 0.4) is 0 Å². The molecule has 0 aliphatic heterocycles. The first-order chi connectivity index (χ1) is 11.5. The van der Waals surface area contributed by atoms with Crippen molar-refractivity contribution in [2.45, 2.75) is 59.3 Å². The van der Waals surface area contributed by atoms with Gasteiger partial charge in [-0.3, -0.25) is 0 Å². The normalized spacial score (nSPS) is 11.1. The highest BCUT2D eigenvalue weighted by atomic mass is 32.2. The minimum Gasteiger partial charge on any atom is -0.247 e. The maximum atomic E-state index is 4.55. The van der Waals surface area contributed by atoms with Gasteiger partial charge in [-0.15, -0.1) is 0 Å². The van der Waals surface area contributed by atoms with Crippen LogP contribution < -0.4 is 4.83 Å². The Morgan fingerprint density at radius 3 is 2.21 bits per heavy atom. The number of hydrogen-bond acceptors (Lipinski definition) is 3. The third-order valence-electron chi connectivity index (χ3n) is 3.69. The van der Waals surface area contributed by atoms with Crippen molar-refractivity contribution in [1.29, 1.82) is 0 Å². The Bertz CT molecular complexity index is 658. The van der Waals surface area contributed by atoms with Gasteiger partial charge in [-0.05, 0) is 49.9 Å². The van der Waals surface area contributed by atoms with E-state index in [-0.39, 0.29) is 0 Å². The van der Waals surface area contributed by atoms with Crippen LogP contribution in [0.25, 0.3) is 0 Å². The Labute approximate surface area is 151 Å². The van der Waals surface area contributed by atoms with Crippen molar-refractivity contribution >= 4 is 17.7 Å². The molecule has 0 unspecified atom stereocenters. The van der Waals surface area contributed by atoms with Crippen LogP contribution in [0.2, 0.25) is 0 Å². The summed E-state index contributed by atoms with van der Waals surface area (Å²) in [6, 6.07) is 14.9. The molecule has 0 aromatic heterocycles. The molecule has 1 N–H and O–H groups in total. The molecule has 0 spiro atoms. The molecule has 2 rings (SSSR count). The van der Waals surface area contributed by atoms with Gasteiger partial charge >= 0.3 is 0 Å². The lowest BCUT2D eigenvalue weighted by molar-refractivity contribution is 0.861. The molecular weight excluding hydrogens is 312 g/mol. The van der Waals surface area contributed by atoms with Crippen LogP contribution in [0.4, 0.5) is 0 Å². The van der Waals surface area contributed by atoms with Crippen molar-refractivity contribution in [2.75, 3.05) is 0 Å². The summed E-state index contributed by atoms with van der Waals surface area (Å²) in [6.45, 7) is 14.8. The molecule has 2 nitrogen and oxygen atoms in total. The largest absolute Gasteiger partial charge is 0.247 e. The van der Waals surface area contributed by atoms with Crippen molar-refractivity contribution in [3.8, 4) is 0 Å². The third-order valence-corrected chi connectivity index (χ3v) is 4.38. The third kappa shape index (κ3) is 5.72. The topological polar surface area (TPSA) is 24.4 Å². The zero-order valence-corrected chi connectivity index (χ0v) is 16.8. The standard InChI is InChI=1S/C19H24N2S.C2H6/c1-13(2)18-8-6-7-15(4)19(18)16(5)20-21-22-17-11-9-14(3)10-12-17;1-2/h6-13,21H,1-5H3;1-2H3/b20-16-;. The first-order valence-corrected chi connectivity index (χ1v) is 9.43. The first-order valence-electron chi connectivity index (χ1n) is 8.61. The molecule has 0 bridgehead atoms. The van der Waals surface area contributed by atoms with E-state index in [2.05, 4.69) is 87.0 Å². The minimum atomic E-state index is 0.491. The van der Waals surface area contributed by atoms with Crippen molar-refractivity contribution in [3.05, 3.63) is 64.7 Å². The van der Waals surface area contributed by atoms with Gasteiger partial charge in [0, 0.05) is 22.4 Å². The fourth-order valence-corrected chi connectivity index (χ4v) is 3.03. The highest BCUT2D eigenvalue weighted by Gasteiger charge is 2.11. The van der Waals surface area contributed by atoms with E-state index in [9.17, 15) is 0 Å². The number of nitrogens with zero attached hydrogens (tertiary/aromatic N) is 1. The molecule has 0 saturated carbocycles. The molecule has 0 saturated heterocycles. The number of nitrogens with one attached hydrogen (secondary N) is 1. The molecule has 0 heterocycles. The van der Waals surface area contributed by atoms with Crippen LogP contribution in [0.1, 0.15) is 62.8 Å². The Balaban J connectivity index is 0.00000139. The predicted molar refractivity (Wildman–Crippen MR) is 109 cm³/mol. The Morgan fingerprint density at radius 1 is 1.00 bits per heavy atom. The van der Waals surface area contributed by atoms with Crippen LogP contribution in [0.5, 0.6) is 0 Å². The van der Waals surface area contributed by atoms with Crippen LogP contribution in [0.15, 0.2) is 52.5 Å². The highest BCUT2D eigenvalue weighted by Crippen LogP contribution is 2.23.